The van der Waals surface area contributed by atoms with Gasteiger partial charge in [0.25, 0.3) is 5.91 Å². The topological polar surface area (TPSA) is 58.6 Å². The van der Waals surface area contributed by atoms with Crippen molar-refractivity contribution < 1.29 is 14.3 Å². The van der Waals surface area contributed by atoms with E-state index in [1.54, 1.807) is 24.3 Å². The smallest absolute Gasteiger partial charge is 0.261 e. The third kappa shape index (κ3) is 5.72. The van der Waals surface area contributed by atoms with E-state index in [-0.39, 0.29) is 18.4 Å². The second-order valence-electron chi connectivity index (χ2n) is 7.88. The molecule has 27 heavy (non-hydrogen) atoms. The zero-order valence-electron chi connectivity index (χ0n) is 16.4. The number of carbonyl (C=O) groups excluding carboxylic acids is 2. The number of rotatable bonds is 6. The van der Waals surface area contributed by atoms with Crippen LogP contribution in [0.25, 0.3) is 0 Å². The zero-order chi connectivity index (χ0) is 19.1. The normalized spacial score (nSPS) is 18.7. The maximum absolute atomic E-state index is 13.1. The maximum atomic E-state index is 13.1. The maximum Gasteiger partial charge on any atom is 0.261 e. The molecule has 0 aliphatic heterocycles. The third-order valence-corrected chi connectivity index (χ3v) is 5.76. The summed E-state index contributed by atoms with van der Waals surface area (Å²) in [4.78, 5) is 26.4. The zero-order valence-corrected chi connectivity index (χ0v) is 16.4. The molecule has 2 aliphatic rings. The summed E-state index contributed by atoms with van der Waals surface area (Å²) in [6.45, 7) is 1.57. The van der Waals surface area contributed by atoms with Crippen molar-refractivity contribution >= 4 is 17.5 Å². The van der Waals surface area contributed by atoms with Gasteiger partial charge in [-0.15, -0.1) is 0 Å². The van der Waals surface area contributed by atoms with Crippen LogP contribution >= 0.6 is 0 Å². The summed E-state index contributed by atoms with van der Waals surface area (Å²) < 4.78 is 5.79. The standard InChI is InChI=1S/C22H32N2O3/c1-17(25)23-18-12-14-21(15-13-18)27-16-22(26)24(19-8-4-2-5-9-19)20-10-6-3-7-11-20/h12-15,19-20H,2-11,16H2,1H3,(H,23,25). The summed E-state index contributed by atoms with van der Waals surface area (Å²) in [6, 6.07) is 7.96. The second kappa shape index (κ2) is 9.77. The molecule has 0 aromatic heterocycles. The first-order valence-corrected chi connectivity index (χ1v) is 10.4. The van der Waals surface area contributed by atoms with E-state index in [1.165, 1.54) is 45.4 Å². The van der Waals surface area contributed by atoms with Gasteiger partial charge < -0.3 is 15.0 Å². The van der Waals surface area contributed by atoms with Crippen molar-refractivity contribution in [2.45, 2.75) is 83.2 Å². The molecule has 2 saturated carbocycles. The van der Waals surface area contributed by atoms with Gasteiger partial charge >= 0.3 is 0 Å². The van der Waals surface area contributed by atoms with Gasteiger partial charge in [0.1, 0.15) is 5.75 Å². The van der Waals surface area contributed by atoms with Crippen LogP contribution in [-0.4, -0.2) is 35.4 Å². The number of carbonyl (C=O) groups is 2. The summed E-state index contributed by atoms with van der Waals surface area (Å²) in [5.41, 5.74) is 0.729. The Morgan fingerprint density at radius 1 is 0.926 bits per heavy atom. The molecule has 2 aliphatic carbocycles. The Bertz CT molecular complexity index is 599. The van der Waals surface area contributed by atoms with Crippen LogP contribution in [0, 0.1) is 0 Å². The molecule has 1 aromatic rings. The van der Waals surface area contributed by atoms with Gasteiger partial charge in [0.2, 0.25) is 5.91 Å². The Hall–Kier alpha value is -2.04. The molecule has 0 radical (unpaired) electrons. The molecule has 2 fully saturated rings. The molecular formula is C22H32N2O3. The lowest BCUT2D eigenvalue weighted by Crippen LogP contribution is -2.50. The number of nitrogens with one attached hydrogen (secondary N) is 1. The molecule has 0 atom stereocenters. The number of anilines is 1. The van der Waals surface area contributed by atoms with E-state index >= 15 is 0 Å². The van der Waals surface area contributed by atoms with Crippen molar-refractivity contribution in [2.24, 2.45) is 0 Å². The average molecular weight is 373 g/mol. The van der Waals surface area contributed by atoms with Crippen molar-refractivity contribution in [3.05, 3.63) is 24.3 Å². The van der Waals surface area contributed by atoms with Crippen molar-refractivity contribution in [1.29, 1.82) is 0 Å². The van der Waals surface area contributed by atoms with Gasteiger partial charge in [-0.1, -0.05) is 38.5 Å². The monoisotopic (exact) mass is 372 g/mol. The van der Waals surface area contributed by atoms with Crippen LogP contribution in [0.3, 0.4) is 0 Å². The Kier molecular flexibility index (Phi) is 7.13. The van der Waals surface area contributed by atoms with E-state index in [2.05, 4.69) is 10.2 Å². The minimum atomic E-state index is -0.102. The van der Waals surface area contributed by atoms with Gasteiger partial charge in [-0.05, 0) is 49.9 Å². The summed E-state index contributed by atoms with van der Waals surface area (Å²) >= 11 is 0. The highest BCUT2D eigenvalue weighted by Crippen LogP contribution is 2.30. The van der Waals surface area contributed by atoms with Crippen LogP contribution in [0.4, 0.5) is 5.69 Å². The van der Waals surface area contributed by atoms with E-state index < -0.39 is 0 Å². The predicted molar refractivity (Wildman–Crippen MR) is 107 cm³/mol. The van der Waals surface area contributed by atoms with E-state index in [4.69, 9.17) is 4.74 Å². The van der Waals surface area contributed by atoms with Gasteiger partial charge in [0, 0.05) is 24.7 Å². The number of ether oxygens (including phenoxy) is 1. The Balaban J connectivity index is 1.60. The average Bonchev–Trinajstić information content (AvgIpc) is 2.69. The van der Waals surface area contributed by atoms with Crippen LogP contribution < -0.4 is 10.1 Å². The Morgan fingerprint density at radius 3 is 1.93 bits per heavy atom. The van der Waals surface area contributed by atoms with Crippen LogP contribution in [0.2, 0.25) is 0 Å². The van der Waals surface area contributed by atoms with Gasteiger partial charge in [-0.3, -0.25) is 9.59 Å². The number of hydrogen-bond acceptors (Lipinski definition) is 3. The molecule has 0 heterocycles. The lowest BCUT2D eigenvalue weighted by atomic mass is 9.88. The lowest BCUT2D eigenvalue weighted by molar-refractivity contribution is -0.140. The highest BCUT2D eigenvalue weighted by molar-refractivity contribution is 5.88. The quantitative estimate of drug-likeness (QED) is 0.799. The fourth-order valence-corrected chi connectivity index (χ4v) is 4.48. The fraction of sp³-hybridized carbons (Fsp3) is 0.636. The minimum absolute atomic E-state index is 0.0898. The van der Waals surface area contributed by atoms with E-state index in [0.29, 0.717) is 17.8 Å². The lowest BCUT2D eigenvalue weighted by Gasteiger charge is -2.41. The molecule has 0 spiro atoms. The summed E-state index contributed by atoms with van der Waals surface area (Å²) in [5.74, 6) is 0.680. The van der Waals surface area contributed by atoms with E-state index in [9.17, 15) is 9.59 Å². The summed E-state index contributed by atoms with van der Waals surface area (Å²) in [5, 5.41) is 2.73. The molecule has 2 amide bonds. The molecule has 0 bridgehead atoms. The van der Waals surface area contributed by atoms with Crippen molar-refractivity contribution in [3.63, 3.8) is 0 Å². The number of hydrogen-bond donors (Lipinski definition) is 1. The van der Waals surface area contributed by atoms with Crippen LogP contribution in [0.5, 0.6) is 5.75 Å². The Labute approximate surface area is 162 Å². The first-order valence-electron chi connectivity index (χ1n) is 10.4. The SMILES string of the molecule is CC(=O)Nc1ccc(OCC(=O)N(C2CCCCC2)C2CCCCC2)cc1. The van der Waals surface area contributed by atoms with Crippen LogP contribution in [0.15, 0.2) is 24.3 Å². The van der Waals surface area contributed by atoms with Crippen molar-refractivity contribution in [3.8, 4) is 5.75 Å². The third-order valence-electron chi connectivity index (χ3n) is 5.76. The first kappa shape index (κ1) is 19.7. The van der Waals surface area contributed by atoms with E-state index in [1.807, 2.05) is 0 Å². The Morgan fingerprint density at radius 2 is 1.44 bits per heavy atom. The summed E-state index contributed by atoms with van der Waals surface area (Å²) in [6.07, 6.45) is 12.0. The molecule has 0 saturated heterocycles. The van der Waals surface area contributed by atoms with Gasteiger partial charge in [-0.25, -0.2) is 0 Å². The molecule has 3 rings (SSSR count). The highest BCUT2D eigenvalue weighted by atomic mass is 16.5. The molecule has 1 N–H and O–H groups in total. The van der Waals surface area contributed by atoms with Gasteiger partial charge in [-0.2, -0.15) is 0 Å². The number of nitrogens with zero attached hydrogens (tertiary/aromatic N) is 1. The van der Waals surface area contributed by atoms with E-state index in [0.717, 1.165) is 31.4 Å². The largest absolute Gasteiger partial charge is 0.484 e. The highest BCUT2D eigenvalue weighted by Gasteiger charge is 2.32. The van der Waals surface area contributed by atoms with Gasteiger partial charge in [0.15, 0.2) is 6.61 Å². The number of amides is 2. The van der Waals surface area contributed by atoms with Crippen LogP contribution in [-0.2, 0) is 9.59 Å². The van der Waals surface area contributed by atoms with Crippen molar-refractivity contribution in [2.75, 3.05) is 11.9 Å². The van der Waals surface area contributed by atoms with Crippen molar-refractivity contribution in [1.82, 2.24) is 4.90 Å². The first-order chi connectivity index (χ1) is 13.1. The molecule has 5 nitrogen and oxygen atoms in total. The number of benzene rings is 1. The molecule has 1 aromatic carbocycles. The van der Waals surface area contributed by atoms with Crippen LogP contribution in [0.1, 0.15) is 71.1 Å². The fourth-order valence-electron chi connectivity index (χ4n) is 4.48. The molecule has 0 unspecified atom stereocenters. The molecular weight excluding hydrogens is 340 g/mol. The minimum Gasteiger partial charge on any atom is -0.484 e. The molecule has 148 valence electrons. The second-order valence-corrected chi connectivity index (χ2v) is 7.88. The summed E-state index contributed by atoms with van der Waals surface area (Å²) in [7, 11) is 0. The molecule has 5 heteroatoms. The van der Waals surface area contributed by atoms with Gasteiger partial charge in [0.05, 0.1) is 0 Å². The predicted octanol–water partition coefficient (Wildman–Crippen LogP) is 4.52.